The number of likely N-dealkylation sites (tertiary alicyclic amines) is 1. The topological polar surface area (TPSA) is 68.3 Å². The second-order valence-corrected chi connectivity index (χ2v) is 6.81. The zero-order valence-electron chi connectivity index (χ0n) is 13.5. The zero-order valence-corrected chi connectivity index (χ0v) is 13.5. The molecular formula is C19H21N3O2. The quantitative estimate of drug-likeness (QED) is 0.880. The Kier molecular flexibility index (Phi) is 3.63. The summed E-state index contributed by atoms with van der Waals surface area (Å²) >= 11 is 0. The normalized spacial score (nSPS) is 22.8. The van der Waals surface area contributed by atoms with E-state index in [4.69, 9.17) is 5.73 Å². The lowest BCUT2D eigenvalue weighted by molar-refractivity contribution is -0.130. The average Bonchev–Trinajstić information content (AvgIpc) is 3.17. The number of nitrogens with zero attached hydrogens (tertiary/aromatic N) is 2. The van der Waals surface area contributed by atoms with Gasteiger partial charge >= 0.3 is 0 Å². The SMILES string of the molecule is NC(=O)c1cn(CC(=O)N2C[C@H]3CC=CC[C@H]3C2)c2ccccc12. The molecule has 0 bridgehead atoms. The number of hydrogen-bond donors (Lipinski definition) is 1. The molecule has 0 spiro atoms. The number of primary amides is 1. The van der Waals surface area contributed by atoms with E-state index < -0.39 is 5.91 Å². The van der Waals surface area contributed by atoms with E-state index in [1.807, 2.05) is 33.7 Å². The van der Waals surface area contributed by atoms with Crippen molar-refractivity contribution < 1.29 is 9.59 Å². The van der Waals surface area contributed by atoms with Crippen LogP contribution in [0.3, 0.4) is 0 Å². The highest BCUT2D eigenvalue weighted by atomic mass is 16.2. The summed E-state index contributed by atoms with van der Waals surface area (Å²) in [6.45, 7) is 1.94. The molecule has 1 aliphatic carbocycles. The van der Waals surface area contributed by atoms with Crippen molar-refractivity contribution in [3.05, 3.63) is 48.2 Å². The number of rotatable bonds is 3. The van der Waals surface area contributed by atoms with Crippen molar-refractivity contribution in [2.45, 2.75) is 19.4 Å². The van der Waals surface area contributed by atoms with Gasteiger partial charge in [0.15, 0.2) is 0 Å². The maximum atomic E-state index is 12.7. The standard InChI is InChI=1S/C19H21N3O2/c20-19(24)16-11-21(17-8-4-3-7-15(16)17)12-18(23)22-9-13-5-1-2-6-14(13)10-22/h1-4,7-8,11,13-14H,5-6,9-10,12H2,(H2,20,24)/t13-,14+. The fourth-order valence-electron chi connectivity index (χ4n) is 4.04. The molecule has 2 aliphatic rings. The number of carbonyl (C=O) groups is 2. The number of fused-ring (bicyclic) bond motifs is 2. The predicted molar refractivity (Wildman–Crippen MR) is 92.4 cm³/mol. The van der Waals surface area contributed by atoms with Crippen LogP contribution in [0, 0.1) is 11.8 Å². The van der Waals surface area contributed by atoms with Crippen LogP contribution in [0.5, 0.6) is 0 Å². The Morgan fingerprint density at radius 2 is 1.75 bits per heavy atom. The van der Waals surface area contributed by atoms with Gasteiger partial charge in [-0.1, -0.05) is 30.4 Å². The maximum Gasteiger partial charge on any atom is 0.250 e. The van der Waals surface area contributed by atoms with Crippen LogP contribution in [-0.2, 0) is 11.3 Å². The lowest BCUT2D eigenvalue weighted by Crippen LogP contribution is -2.32. The second-order valence-electron chi connectivity index (χ2n) is 6.81. The van der Waals surface area contributed by atoms with Crippen molar-refractivity contribution in [1.29, 1.82) is 0 Å². The number of aromatic nitrogens is 1. The van der Waals surface area contributed by atoms with Gasteiger partial charge in [-0.25, -0.2) is 0 Å². The third kappa shape index (κ3) is 2.50. The summed E-state index contributed by atoms with van der Waals surface area (Å²) < 4.78 is 1.85. The van der Waals surface area contributed by atoms with Crippen LogP contribution in [0.2, 0.25) is 0 Å². The maximum absolute atomic E-state index is 12.7. The highest BCUT2D eigenvalue weighted by molar-refractivity contribution is 6.06. The Morgan fingerprint density at radius 1 is 1.08 bits per heavy atom. The van der Waals surface area contributed by atoms with Crippen LogP contribution < -0.4 is 5.73 Å². The van der Waals surface area contributed by atoms with Crippen LogP contribution in [0.15, 0.2) is 42.6 Å². The molecule has 124 valence electrons. The number of allylic oxidation sites excluding steroid dienone is 2. The third-order valence-corrected chi connectivity index (χ3v) is 5.33. The molecule has 2 aromatic rings. The minimum Gasteiger partial charge on any atom is -0.366 e. The van der Waals surface area contributed by atoms with Gasteiger partial charge in [0.1, 0.15) is 6.54 Å². The first kappa shape index (κ1) is 15.0. The highest BCUT2D eigenvalue weighted by Gasteiger charge is 2.35. The van der Waals surface area contributed by atoms with Crippen molar-refractivity contribution >= 4 is 22.7 Å². The molecule has 5 nitrogen and oxygen atoms in total. The minimum atomic E-state index is -0.462. The Morgan fingerprint density at radius 3 is 2.42 bits per heavy atom. The summed E-state index contributed by atoms with van der Waals surface area (Å²) in [6, 6.07) is 7.57. The van der Waals surface area contributed by atoms with Gasteiger partial charge in [0.25, 0.3) is 5.91 Å². The first-order valence-corrected chi connectivity index (χ1v) is 8.44. The molecule has 24 heavy (non-hydrogen) atoms. The number of carbonyl (C=O) groups excluding carboxylic acids is 2. The molecule has 0 saturated carbocycles. The molecule has 2 atom stereocenters. The van der Waals surface area contributed by atoms with E-state index in [9.17, 15) is 9.59 Å². The molecule has 4 rings (SSSR count). The predicted octanol–water partition coefficient (Wildman–Crippen LogP) is 2.16. The zero-order chi connectivity index (χ0) is 16.7. The molecule has 0 unspecified atom stereocenters. The first-order chi connectivity index (χ1) is 11.6. The molecule has 1 aromatic carbocycles. The summed E-state index contributed by atoms with van der Waals surface area (Å²) in [4.78, 5) is 26.4. The van der Waals surface area contributed by atoms with E-state index in [0.29, 0.717) is 17.4 Å². The number of amides is 2. The number of hydrogen-bond acceptors (Lipinski definition) is 2. The monoisotopic (exact) mass is 323 g/mol. The van der Waals surface area contributed by atoms with Crippen molar-refractivity contribution in [2.75, 3.05) is 13.1 Å². The molecule has 5 heteroatoms. The van der Waals surface area contributed by atoms with E-state index in [1.165, 1.54) is 0 Å². The van der Waals surface area contributed by atoms with Crippen LogP contribution in [0.1, 0.15) is 23.2 Å². The smallest absolute Gasteiger partial charge is 0.250 e. The highest BCUT2D eigenvalue weighted by Crippen LogP contribution is 2.33. The van der Waals surface area contributed by atoms with Crippen LogP contribution in [-0.4, -0.2) is 34.4 Å². The van der Waals surface area contributed by atoms with Gasteiger partial charge < -0.3 is 15.2 Å². The molecule has 1 saturated heterocycles. The molecule has 1 aromatic heterocycles. The van der Waals surface area contributed by atoms with E-state index >= 15 is 0 Å². The van der Waals surface area contributed by atoms with Gasteiger partial charge in [-0.3, -0.25) is 9.59 Å². The summed E-state index contributed by atoms with van der Waals surface area (Å²) in [5.41, 5.74) is 6.81. The van der Waals surface area contributed by atoms with E-state index in [0.717, 1.165) is 36.8 Å². The molecule has 2 N–H and O–H groups in total. The number of nitrogens with two attached hydrogens (primary N) is 1. The van der Waals surface area contributed by atoms with Gasteiger partial charge in [-0.15, -0.1) is 0 Å². The Balaban J connectivity index is 1.56. The van der Waals surface area contributed by atoms with Crippen molar-refractivity contribution in [3.8, 4) is 0 Å². The van der Waals surface area contributed by atoms with Gasteiger partial charge in [0, 0.05) is 30.2 Å². The molecule has 2 amide bonds. The van der Waals surface area contributed by atoms with Crippen molar-refractivity contribution in [3.63, 3.8) is 0 Å². The fraction of sp³-hybridized carbons (Fsp3) is 0.368. The van der Waals surface area contributed by atoms with E-state index in [1.54, 1.807) is 6.20 Å². The van der Waals surface area contributed by atoms with Crippen molar-refractivity contribution in [2.24, 2.45) is 17.6 Å². The van der Waals surface area contributed by atoms with Crippen molar-refractivity contribution in [1.82, 2.24) is 9.47 Å². The summed E-state index contributed by atoms with van der Waals surface area (Å²) in [7, 11) is 0. The summed E-state index contributed by atoms with van der Waals surface area (Å²) in [5, 5.41) is 0.803. The van der Waals surface area contributed by atoms with Gasteiger partial charge in [-0.2, -0.15) is 0 Å². The third-order valence-electron chi connectivity index (χ3n) is 5.33. The first-order valence-electron chi connectivity index (χ1n) is 8.44. The lowest BCUT2D eigenvalue weighted by atomic mass is 9.86. The summed E-state index contributed by atoms with van der Waals surface area (Å²) in [6.07, 6.45) is 8.32. The van der Waals surface area contributed by atoms with Gasteiger partial charge in [0.05, 0.1) is 5.56 Å². The van der Waals surface area contributed by atoms with Crippen LogP contribution >= 0.6 is 0 Å². The minimum absolute atomic E-state index is 0.112. The Labute approximate surface area is 140 Å². The average molecular weight is 323 g/mol. The molecule has 1 fully saturated rings. The fourth-order valence-corrected chi connectivity index (χ4v) is 4.04. The Hall–Kier alpha value is -2.56. The number of benzene rings is 1. The van der Waals surface area contributed by atoms with Crippen LogP contribution in [0.4, 0.5) is 0 Å². The van der Waals surface area contributed by atoms with Gasteiger partial charge in [-0.05, 0) is 30.7 Å². The Bertz CT molecular complexity index is 820. The number of para-hydroxylation sites is 1. The summed E-state index contributed by atoms with van der Waals surface area (Å²) in [5.74, 6) is 0.847. The van der Waals surface area contributed by atoms with Crippen LogP contribution in [0.25, 0.3) is 10.9 Å². The van der Waals surface area contributed by atoms with E-state index in [-0.39, 0.29) is 12.5 Å². The molecular weight excluding hydrogens is 302 g/mol. The lowest BCUT2D eigenvalue weighted by Gasteiger charge is -2.17. The van der Waals surface area contributed by atoms with E-state index in [2.05, 4.69) is 12.2 Å². The molecule has 2 heterocycles. The second kappa shape index (κ2) is 5.82. The molecule has 1 aliphatic heterocycles. The van der Waals surface area contributed by atoms with Gasteiger partial charge in [0.2, 0.25) is 5.91 Å². The molecule has 0 radical (unpaired) electrons. The largest absolute Gasteiger partial charge is 0.366 e.